The number of rotatable bonds is 5. The molecule has 8 heteroatoms. The Bertz CT molecular complexity index is 614. The smallest absolute Gasteiger partial charge is 0.344 e. The molecule has 0 spiro atoms. The van der Waals surface area contributed by atoms with E-state index in [1.54, 1.807) is 11.3 Å². The van der Waals surface area contributed by atoms with E-state index in [0.29, 0.717) is 11.7 Å². The highest BCUT2D eigenvalue weighted by Crippen LogP contribution is 2.18. The van der Waals surface area contributed by atoms with E-state index in [1.807, 2.05) is 17.7 Å². The maximum Gasteiger partial charge on any atom is 0.344 e. The molecular formula is C10H11N3O3S2. The van der Waals surface area contributed by atoms with Crippen LogP contribution in [0.1, 0.15) is 11.1 Å². The molecule has 0 aliphatic heterocycles. The summed E-state index contributed by atoms with van der Waals surface area (Å²) < 4.78 is 1.45. The number of H-pyrrole nitrogens is 1. The molecular weight excluding hydrogens is 274 g/mol. The number of aliphatic carboxylic acids is 1. The maximum atomic E-state index is 11.6. The second-order valence-corrected chi connectivity index (χ2v) is 5.35. The normalized spacial score (nSPS) is 10.7. The minimum atomic E-state index is -0.936. The van der Waals surface area contributed by atoms with Crippen LogP contribution in [0.2, 0.25) is 0 Å². The molecule has 6 nitrogen and oxygen atoms in total. The van der Waals surface area contributed by atoms with Gasteiger partial charge in [-0.2, -0.15) is 11.3 Å². The molecule has 0 bridgehead atoms. The molecule has 0 unspecified atom stereocenters. The summed E-state index contributed by atoms with van der Waals surface area (Å²) in [6.07, 6.45) is 0. The van der Waals surface area contributed by atoms with Crippen molar-refractivity contribution in [3.63, 3.8) is 0 Å². The van der Waals surface area contributed by atoms with Crippen LogP contribution in [0.3, 0.4) is 0 Å². The topological polar surface area (TPSA) is 88.0 Å². The van der Waals surface area contributed by atoms with Crippen LogP contribution in [-0.4, -0.2) is 31.6 Å². The van der Waals surface area contributed by atoms with Crippen molar-refractivity contribution in [3.8, 4) is 0 Å². The van der Waals surface area contributed by atoms with Gasteiger partial charge in [0.1, 0.15) is 0 Å². The standard InChI is InChI=1S/C10H11N3O3S2/c1-6-3-17-4-7(6)2-13-9(16)11-12-10(13)18-5-8(14)15/h3-4H,2,5H2,1H3,(H,11,16)(H,14,15). The Morgan fingerprint density at radius 3 is 3.00 bits per heavy atom. The van der Waals surface area contributed by atoms with Gasteiger partial charge in [0.25, 0.3) is 0 Å². The molecule has 96 valence electrons. The van der Waals surface area contributed by atoms with E-state index in [4.69, 9.17) is 5.11 Å². The third-order valence-electron chi connectivity index (χ3n) is 2.34. The summed E-state index contributed by atoms with van der Waals surface area (Å²) >= 11 is 2.60. The fourth-order valence-electron chi connectivity index (χ4n) is 1.40. The molecule has 18 heavy (non-hydrogen) atoms. The number of aromatic nitrogens is 3. The van der Waals surface area contributed by atoms with Crippen LogP contribution in [0.15, 0.2) is 20.7 Å². The lowest BCUT2D eigenvalue weighted by molar-refractivity contribution is -0.133. The zero-order valence-electron chi connectivity index (χ0n) is 9.54. The molecule has 2 aromatic heterocycles. The lowest BCUT2D eigenvalue weighted by Crippen LogP contribution is -2.18. The number of carboxylic acid groups (broad SMARTS) is 1. The van der Waals surface area contributed by atoms with Gasteiger partial charge in [-0.25, -0.2) is 9.89 Å². The van der Waals surface area contributed by atoms with Crippen LogP contribution in [0, 0.1) is 6.92 Å². The van der Waals surface area contributed by atoms with E-state index in [2.05, 4.69) is 10.2 Å². The zero-order chi connectivity index (χ0) is 13.1. The monoisotopic (exact) mass is 285 g/mol. The molecule has 2 heterocycles. The first-order chi connectivity index (χ1) is 8.58. The number of nitrogens with one attached hydrogen (secondary N) is 1. The minimum Gasteiger partial charge on any atom is -0.481 e. The van der Waals surface area contributed by atoms with Crippen molar-refractivity contribution in [1.29, 1.82) is 0 Å². The van der Waals surface area contributed by atoms with E-state index in [0.717, 1.165) is 22.9 Å². The number of hydrogen-bond acceptors (Lipinski definition) is 5. The zero-order valence-corrected chi connectivity index (χ0v) is 11.2. The van der Waals surface area contributed by atoms with Crippen molar-refractivity contribution in [2.75, 3.05) is 5.75 Å². The van der Waals surface area contributed by atoms with Gasteiger partial charge in [-0.3, -0.25) is 9.36 Å². The highest BCUT2D eigenvalue weighted by atomic mass is 32.2. The fourth-order valence-corrected chi connectivity index (χ4v) is 2.91. The summed E-state index contributed by atoms with van der Waals surface area (Å²) in [7, 11) is 0. The van der Waals surface area contributed by atoms with E-state index >= 15 is 0 Å². The molecule has 0 aliphatic carbocycles. The number of carboxylic acids is 1. The Hall–Kier alpha value is -1.54. The summed E-state index contributed by atoms with van der Waals surface area (Å²) in [6, 6.07) is 0. The van der Waals surface area contributed by atoms with Gasteiger partial charge in [0, 0.05) is 0 Å². The van der Waals surface area contributed by atoms with Crippen molar-refractivity contribution >= 4 is 29.1 Å². The van der Waals surface area contributed by atoms with Crippen LogP contribution in [0.5, 0.6) is 0 Å². The molecule has 0 saturated heterocycles. The van der Waals surface area contributed by atoms with Crippen LogP contribution in [0.4, 0.5) is 0 Å². The van der Waals surface area contributed by atoms with Crippen molar-refractivity contribution in [2.24, 2.45) is 0 Å². The second-order valence-electron chi connectivity index (χ2n) is 3.66. The number of hydrogen-bond donors (Lipinski definition) is 2. The van der Waals surface area contributed by atoms with Crippen LogP contribution in [0.25, 0.3) is 0 Å². The van der Waals surface area contributed by atoms with Crippen LogP contribution >= 0.6 is 23.1 Å². The van der Waals surface area contributed by atoms with E-state index in [-0.39, 0.29) is 11.4 Å². The van der Waals surface area contributed by atoms with Crippen molar-refractivity contribution in [3.05, 3.63) is 32.4 Å². The maximum absolute atomic E-state index is 11.6. The Morgan fingerprint density at radius 2 is 2.39 bits per heavy atom. The summed E-state index contributed by atoms with van der Waals surface area (Å²) in [5.41, 5.74) is 1.83. The number of nitrogens with zero attached hydrogens (tertiary/aromatic N) is 2. The molecule has 0 aliphatic rings. The predicted octanol–water partition coefficient (Wildman–Crippen LogP) is 1.17. The van der Waals surface area contributed by atoms with Gasteiger partial charge in [-0.1, -0.05) is 11.8 Å². The molecule has 2 aromatic rings. The molecule has 2 rings (SSSR count). The summed E-state index contributed by atoms with van der Waals surface area (Å²) in [5.74, 6) is -1.05. The molecule has 0 radical (unpaired) electrons. The third-order valence-corrected chi connectivity index (χ3v) is 4.21. The fraction of sp³-hybridized carbons (Fsp3) is 0.300. The highest BCUT2D eigenvalue weighted by molar-refractivity contribution is 7.99. The van der Waals surface area contributed by atoms with Gasteiger partial charge in [0.15, 0.2) is 5.16 Å². The second kappa shape index (κ2) is 5.40. The third kappa shape index (κ3) is 2.82. The number of aryl methyl sites for hydroxylation is 1. The van der Waals surface area contributed by atoms with Gasteiger partial charge < -0.3 is 5.11 Å². The number of thioether (sulfide) groups is 1. The van der Waals surface area contributed by atoms with Gasteiger partial charge in [0.05, 0.1) is 12.3 Å². The van der Waals surface area contributed by atoms with E-state index < -0.39 is 5.97 Å². The largest absolute Gasteiger partial charge is 0.481 e. The number of carbonyl (C=O) groups is 1. The number of aromatic amines is 1. The van der Waals surface area contributed by atoms with E-state index in [1.165, 1.54) is 4.57 Å². The van der Waals surface area contributed by atoms with Gasteiger partial charge in [0.2, 0.25) is 0 Å². The van der Waals surface area contributed by atoms with Crippen molar-refractivity contribution in [2.45, 2.75) is 18.6 Å². The minimum absolute atomic E-state index is 0.118. The molecule has 0 saturated carbocycles. The summed E-state index contributed by atoms with van der Waals surface area (Å²) in [5, 5.41) is 19.2. The Morgan fingerprint density at radius 1 is 1.61 bits per heavy atom. The molecule has 0 fully saturated rings. The Balaban J connectivity index is 2.22. The first-order valence-corrected chi connectivity index (χ1v) is 7.02. The highest BCUT2D eigenvalue weighted by Gasteiger charge is 2.12. The van der Waals surface area contributed by atoms with Gasteiger partial charge in [-0.05, 0) is 28.8 Å². The molecule has 2 N–H and O–H groups in total. The molecule has 0 aromatic carbocycles. The average molecular weight is 285 g/mol. The van der Waals surface area contributed by atoms with Gasteiger partial charge >= 0.3 is 11.7 Å². The lowest BCUT2D eigenvalue weighted by Gasteiger charge is -2.03. The van der Waals surface area contributed by atoms with Gasteiger partial charge in [-0.15, -0.1) is 5.10 Å². The lowest BCUT2D eigenvalue weighted by atomic mass is 10.2. The Kier molecular flexibility index (Phi) is 3.87. The Labute approximate surface area is 111 Å². The van der Waals surface area contributed by atoms with Crippen molar-refractivity contribution < 1.29 is 9.90 Å². The number of thiophene rings is 1. The van der Waals surface area contributed by atoms with Crippen molar-refractivity contribution in [1.82, 2.24) is 14.8 Å². The SMILES string of the molecule is Cc1cscc1Cn1c(SCC(=O)O)n[nH]c1=O. The predicted molar refractivity (Wildman–Crippen MR) is 69.4 cm³/mol. The van der Waals surface area contributed by atoms with Crippen LogP contribution < -0.4 is 5.69 Å². The molecule has 0 atom stereocenters. The van der Waals surface area contributed by atoms with Crippen LogP contribution in [-0.2, 0) is 11.3 Å². The summed E-state index contributed by atoms with van der Waals surface area (Å²) in [6.45, 7) is 2.38. The average Bonchev–Trinajstić information content (AvgIpc) is 2.86. The quantitative estimate of drug-likeness (QED) is 0.805. The molecule has 0 amide bonds. The summed E-state index contributed by atoms with van der Waals surface area (Å²) in [4.78, 5) is 22.1. The van der Waals surface area contributed by atoms with E-state index in [9.17, 15) is 9.59 Å². The first-order valence-electron chi connectivity index (χ1n) is 5.09. The first kappa shape index (κ1) is 12.9.